The minimum absolute atomic E-state index is 0.0448. The summed E-state index contributed by atoms with van der Waals surface area (Å²) >= 11 is 11.5. The van der Waals surface area contributed by atoms with Crippen LogP contribution in [0.15, 0.2) is 12.1 Å². The van der Waals surface area contributed by atoms with Gasteiger partial charge in [0.15, 0.2) is 0 Å². The summed E-state index contributed by atoms with van der Waals surface area (Å²) in [6.45, 7) is 0.496. The van der Waals surface area contributed by atoms with Crippen molar-refractivity contribution in [3.05, 3.63) is 37.9 Å². The van der Waals surface area contributed by atoms with Crippen molar-refractivity contribution in [3.8, 4) is 0 Å². The van der Waals surface area contributed by atoms with Gasteiger partial charge in [-0.1, -0.05) is 23.2 Å². The molecule has 0 aliphatic rings. The van der Waals surface area contributed by atoms with Crippen LogP contribution >= 0.6 is 23.2 Å². The minimum Gasteiger partial charge on any atom is -0.382 e. The third kappa shape index (κ3) is 4.82. The molecule has 1 atom stereocenters. The number of nitrogens with one attached hydrogen (secondary N) is 1. The molecule has 9 heteroatoms. The Kier molecular flexibility index (Phi) is 6.83. The van der Waals surface area contributed by atoms with Crippen molar-refractivity contribution < 1.29 is 19.2 Å². The molecule has 1 unspecified atom stereocenters. The van der Waals surface area contributed by atoms with Gasteiger partial charge in [-0.05, 0) is 6.07 Å². The number of carbonyl (C=O) groups is 1. The lowest BCUT2D eigenvalue weighted by atomic mass is 10.2. The Bertz CT molecular complexity index is 539. The Labute approximate surface area is 131 Å². The molecular formula is C12H14Cl2N2O5. The first-order valence-electron chi connectivity index (χ1n) is 5.84. The average molecular weight is 337 g/mol. The summed E-state index contributed by atoms with van der Waals surface area (Å²) in [4.78, 5) is 22.1. The maximum atomic E-state index is 12.0. The summed E-state index contributed by atoms with van der Waals surface area (Å²) in [6, 6.07) is 2.34. The number of halogens is 2. The van der Waals surface area contributed by atoms with Crippen LogP contribution in [0.3, 0.4) is 0 Å². The fraction of sp³-hybridized carbons (Fsp3) is 0.417. The maximum Gasteiger partial charge on any atom is 0.290 e. The van der Waals surface area contributed by atoms with Crippen molar-refractivity contribution in [1.29, 1.82) is 0 Å². The third-order valence-electron chi connectivity index (χ3n) is 2.64. The molecule has 0 bridgehead atoms. The van der Waals surface area contributed by atoms with Gasteiger partial charge in [0, 0.05) is 32.4 Å². The first kappa shape index (κ1) is 17.6. The number of nitro groups is 1. The third-order valence-corrected chi connectivity index (χ3v) is 3.44. The van der Waals surface area contributed by atoms with Crippen molar-refractivity contribution in [2.24, 2.45) is 0 Å². The number of nitro benzene ring substituents is 1. The molecule has 1 N–H and O–H groups in total. The molecule has 116 valence electrons. The Morgan fingerprint density at radius 1 is 1.43 bits per heavy atom. The van der Waals surface area contributed by atoms with Crippen LogP contribution in [0.2, 0.25) is 10.0 Å². The Morgan fingerprint density at radius 3 is 2.62 bits per heavy atom. The summed E-state index contributed by atoms with van der Waals surface area (Å²) in [5.74, 6) is -0.519. The highest BCUT2D eigenvalue weighted by molar-refractivity contribution is 6.43. The van der Waals surface area contributed by atoms with Gasteiger partial charge >= 0.3 is 0 Å². The van der Waals surface area contributed by atoms with E-state index in [-0.39, 0.29) is 28.3 Å². The summed E-state index contributed by atoms with van der Waals surface area (Å²) < 4.78 is 10.0. The summed E-state index contributed by atoms with van der Waals surface area (Å²) in [7, 11) is 3.00. The van der Waals surface area contributed by atoms with E-state index in [9.17, 15) is 14.9 Å². The Balaban J connectivity index is 2.85. The second-order valence-corrected chi connectivity index (χ2v) is 4.86. The largest absolute Gasteiger partial charge is 0.382 e. The predicted molar refractivity (Wildman–Crippen MR) is 78.1 cm³/mol. The molecule has 0 heterocycles. The van der Waals surface area contributed by atoms with Crippen LogP contribution in [0.4, 0.5) is 5.69 Å². The molecule has 1 amide bonds. The van der Waals surface area contributed by atoms with Crippen LogP contribution in [0, 0.1) is 10.1 Å². The molecule has 21 heavy (non-hydrogen) atoms. The normalized spacial score (nSPS) is 12.0. The molecular weight excluding hydrogens is 323 g/mol. The SMILES string of the molecule is COCC(CNC(=O)c1cc(Cl)c(Cl)c([N+](=O)[O-])c1)OC. The highest BCUT2D eigenvalue weighted by atomic mass is 35.5. The van der Waals surface area contributed by atoms with Crippen molar-refractivity contribution in [2.75, 3.05) is 27.4 Å². The highest BCUT2D eigenvalue weighted by Crippen LogP contribution is 2.32. The van der Waals surface area contributed by atoms with E-state index in [4.69, 9.17) is 32.7 Å². The van der Waals surface area contributed by atoms with Crippen LogP contribution in [-0.2, 0) is 9.47 Å². The quantitative estimate of drug-likeness (QED) is 0.609. The van der Waals surface area contributed by atoms with Gasteiger partial charge in [0.2, 0.25) is 0 Å². The zero-order valence-electron chi connectivity index (χ0n) is 11.4. The van der Waals surface area contributed by atoms with Crippen LogP contribution in [-0.4, -0.2) is 44.3 Å². The van der Waals surface area contributed by atoms with Crippen molar-refractivity contribution in [1.82, 2.24) is 5.32 Å². The van der Waals surface area contributed by atoms with E-state index in [0.717, 1.165) is 6.07 Å². The number of methoxy groups -OCH3 is 2. The first-order valence-corrected chi connectivity index (χ1v) is 6.59. The Morgan fingerprint density at radius 2 is 2.10 bits per heavy atom. The van der Waals surface area contributed by atoms with Gasteiger partial charge in [-0.25, -0.2) is 0 Å². The number of hydrogen-bond donors (Lipinski definition) is 1. The van der Waals surface area contributed by atoms with Crippen LogP contribution in [0.5, 0.6) is 0 Å². The number of ether oxygens (including phenoxy) is 2. The van der Waals surface area contributed by atoms with E-state index in [1.54, 1.807) is 0 Å². The summed E-state index contributed by atoms with van der Waals surface area (Å²) in [5.41, 5.74) is -0.377. The van der Waals surface area contributed by atoms with Crippen molar-refractivity contribution in [2.45, 2.75) is 6.10 Å². The fourth-order valence-electron chi connectivity index (χ4n) is 1.54. The topological polar surface area (TPSA) is 90.7 Å². The molecule has 0 saturated carbocycles. The summed E-state index contributed by atoms with van der Waals surface area (Å²) in [6.07, 6.45) is -0.322. The van der Waals surface area contributed by atoms with Crippen LogP contribution in [0.1, 0.15) is 10.4 Å². The number of hydrogen-bond acceptors (Lipinski definition) is 5. The molecule has 0 aliphatic carbocycles. The van der Waals surface area contributed by atoms with Gasteiger partial charge in [-0.15, -0.1) is 0 Å². The second-order valence-electron chi connectivity index (χ2n) is 4.07. The van der Waals surface area contributed by atoms with E-state index < -0.39 is 16.5 Å². The van der Waals surface area contributed by atoms with Gasteiger partial charge in [0.25, 0.3) is 11.6 Å². The lowest BCUT2D eigenvalue weighted by molar-refractivity contribution is -0.384. The lowest BCUT2D eigenvalue weighted by Crippen LogP contribution is -2.35. The van der Waals surface area contributed by atoms with E-state index in [2.05, 4.69) is 5.32 Å². The molecule has 1 aromatic rings. The predicted octanol–water partition coefficient (Wildman–Crippen LogP) is 2.29. The number of amides is 1. The molecule has 0 aromatic heterocycles. The van der Waals surface area contributed by atoms with E-state index in [1.807, 2.05) is 0 Å². The monoisotopic (exact) mass is 336 g/mol. The van der Waals surface area contributed by atoms with Crippen molar-refractivity contribution in [3.63, 3.8) is 0 Å². The lowest BCUT2D eigenvalue weighted by Gasteiger charge is -2.15. The minimum atomic E-state index is -0.701. The van der Waals surface area contributed by atoms with Crippen LogP contribution in [0.25, 0.3) is 0 Å². The second kappa shape index (κ2) is 8.14. The molecule has 0 aliphatic heterocycles. The zero-order valence-corrected chi connectivity index (χ0v) is 12.9. The maximum absolute atomic E-state index is 12.0. The first-order chi connectivity index (χ1) is 9.90. The van der Waals surface area contributed by atoms with Gasteiger partial charge < -0.3 is 14.8 Å². The molecule has 0 fully saturated rings. The molecule has 0 radical (unpaired) electrons. The number of nitrogens with zero attached hydrogens (tertiary/aromatic N) is 1. The zero-order chi connectivity index (χ0) is 16.0. The summed E-state index contributed by atoms with van der Waals surface area (Å²) in [5, 5.41) is 13.2. The van der Waals surface area contributed by atoms with Gasteiger partial charge in [0.05, 0.1) is 22.7 Å². The number of carbonyl (C=O) groups excluding carboxylic acids is 1. The average Bonchev–Trinajstić information content (AvgIpc) is 2.45. The van der Waals surface area contributed by atoms with E-state index >= 15 is 0 Å². The Hall–Kier alpha value is -1.41. The highest BCUT2D eigenvalue weighted by Gasteiger charge is 2.20. The van der Waals surface area contributed by atoms with Gasteiger partial charge in [-0.2, -0.15) is 0 Å². The molecule has 0 saturated heterocycles. The molecule has 0 spiro atoms. The molecule has 1 aromatic carbocycles. The van der Waals surface area contributed by atoms with Gasteiger partial charge in [0.1, 0.15) is 5.02 Å². The van der Waals surface area contributed by atoms with Crippen molar-refractivity contribution >= 4 is 34.8 Å². The van der Waals surface area contributed by atoms with E-state index in [1.165, 1.54) is 20.3 Å². The fourth-order valence-corrected chi connectivity index (χ4v) is 1.94. The molecule has 1 rings (SSSR count). The van der Waals surface area contributed by atoms with E-state index in [0.29, 0.717) is 6.61 Å². The number of rotatable bonds is 7. The van der Waals surface area contributed by atoms with Crippen LogP contribution < -0.4 is 5.32 Å². The van der Waals surface area contributed by atoms with Gasteiger partial charge in [-0.3, -0.25) is 14.9 Å². The number of benzene rings is 1. The standard InChI is InChI=1S/C12H14Cl2N2O5/c1-20-6-8(21-2)5-15-12(17)7-3-9(13)11(14)10(4-7)16(18)19/h3-4,8H,5-6H2,1-2H3,(H,15,17). The smallest absolute Gasteiger partial charge is 0.290 e. The molecule has 7 nitrogen and oxygen atoms in total.